The van der Waals surface area contributed by atoms with Crippen LogP contribution in [0, 0.1) is 34.9 Å². The summed E-state index contributed by atoms with van der Waals surface area (Å²) in [5.74, 6) is -8.07. The van der Waals surface area contributed by atoms with Crippen molar-refractivity contribution in [2.45, 2.75) is 6.54 Å². The van der Waals surface area contributed by atoms with E-state index in [-0.39, 0.29) is 17.8 Å². The molecule has 0 amide bonds. The van der Waals surface area contributed by atoms with Crippen molar-refractivity contribution < 1.29 is 26.3 Å². The Morgan fingerprint density at radius 3 is 1.80 bits per heavy atom. The summed E-state index contributed by atoms with van der Waals surface area (Å²) < 4.78 is 77.5. The molecule has 2 rings (SSSR count). The molecule has 2 aromatic carbocycles. The first-order valence-electron chi connectivity index (χ1n) is 5.40. The Morgan fingerprint density at radius 2 is 1.20 bits per heavy atom. The highest BCUT2D eigenvalue weighted by atomic mass is 19.2. The van der Waals surface area contributed by atoms with Crippen molar-refractivity contribution in [3.63, 3.8) is 0 Å². The van der Waals surface area contributed by atoms with Gasteiger partial charge in [0.05, 0.1) is 0 Å². The summed E-state index contributed by atoms with van der Waals surface area (Å²) in [5.41, 5.74) is -0.403. The molecule has 0 heterocycles. The lowest BCUT2D eigenvalue weighted by atomic mass is 10.2. The highest BCUT2D eigenvalue weighted by Crippen LogP contribution is 2.19. The van der Waals surface area contributed by atoms with Crippen molar-refractivity contribution >= 4 is 5.69 Å². The molecule has 0 atom stereocenters. The molecule has 20 heavy (non-hydrogen) atoms. The van der Waals surface area contributed by atoms with E-state index in [0.29, 0.717) is 24.3 Å². The number of benzene rings is 2. The Bertz CT molecular complexity index is 633. The first-order chi connectivity index (χ1) is 9.38. The van der Waals surface area contributed by atoms with Crippen LogP contribution in [-0.2, 0) is 6.54 Å². The Kier molecular flexibility index (Phi) is 3.87. The smallest absolute Gasteiger partial charge is 0.194 e. The number of rotatable bonds is 3. The van der Waals surface area contributed by atoms with E-state index in [1.165, 1.54) is 0 Å². The molecule has 1 nitrogen and oxygen atoms in total. The van der Waals surface area contributed by atoms with Crippen LogP contribution in [0.3, 0.4) is 0 Å². The summed E-state index contributed by atoms with van der Waals surface area (Å²) in [6, 6.07) is 2.30. The number of anilines is 1. The second-order valence-electron chi connectivity index (χ2n) is 3.97. The lowest BCUT2D eigenvalue weighted by molar-refractivity contribution is 0.447. The van der Waals surface area contributed by atoms with Crippen LogP contribution in [0.2, 0.25) is 0 Å². The molecule has 0 radical (unpaired) electrons. The van der Waals surface area contributed by atoms with Gasteiger partial charge in [-0.3, -0.25) is 0 Å². The summed E-state index contributed by atoms with van der Waals surface area (Å²) in [6.45, 7) is -0.354. The number of hydrogen-bond acceptors (Lipinski definition) is 1. The molecule has 0 saturated heterocycles. The van der Waals surface area contributed by atoms with E-state index in [1.807, 2.05) is 0 Å². The zero-order valence-corrected chi connectivity index (χ0v) is 9.78. The largest absolute Gasteiger partial charge is 0.381 e. The highest BCUT2D eigenvalue weighted by molar-refractivity contribution is 5.44. The minimum absolute atomic E-state index is 0.162. The third-order valence-corrected chi connectivity index (χ3v) is 2.56. The molecule has 1 N–H and O–H groups in total. The van der Waals surface area contributed by atoms with Gasteiger partial charge in [-0.15, -0.1) is 0 Å². The monoisotopic (exact) mass is 291 g/mol. The second-order valence-corrected chi connectivity index (χ2v) is 3.97. The normalized spacial score (nSPS) is 10.7. The van der Waals surface area contributed by atoms with Gasteiger partial charge >= 0.3 is 0 Å². The Balaban J connectivity index is 2.19. The van der Waals surface area contributed by atoms with Crippen LogP contribution in [0.25, 0.3) is 0 Å². The zero-order valence-electron chi connectivity index (χ0n) is 9.78. The number of hydrogen-bond donors (Lipinski definition) is 1. The summed E-state index contributed by atoms with van der Waals surface area (Å²) in [6.07, 6.45) is 0. The minimum Gasteiger partial charge on any atom is -0.381 e. The summed E-state index contributed by atoms with van der Waals surface area (Å²) in [7, 11) is 0. The van der Waals surface area contributed by atoms with Crippen LogP contribution < -0.4 is 5.32 Å². The number of halogens is 6. The maximum atomic E-state index is 13.3. The molecule has 0 aliphatic heterocycles. The van der Waals surface area contributed by atoms with Crippen LogP contribution in [0.1, 0.15) is 5.56 Å². The van der Waals surface area contributed by atoms with E-state index >= 15 is 0 Å². The molecule has 2 aromatic rings. The topological polar surface area (TPSA) is 12.0 Å². The third kappa shape index (κ3) is 2.87. The fourth-order valence-corrected chi connectivity index (χ4v) is 1.55. The van der Waals surface area contributed by atoms with E-state index in [9.17, 15) is 26.3 Å². The molecule has 0 aliphatic carbocycles. The second kappa shape index (κ2) is 5.44. The molecule has 106 valence electrons. The van der Waals surface area contributed by atoms with Gasteiger partial charge in [0.2, 0.25) is 0 Å². The molecular formula is C13H7F6N. The van der Waals surface area contributed by atoms with Gasteiger partial charge in [0, 0.05) is 36.0 Å². The van der Waals surface area contributed by atoms with E-state index in [2.05, 4.69) is 5.32 Å². The summed E-state index contributed by atoms with van der Waals surface area (Å²) in [4.78, 5) is 0. The predicted molar refractivity (Wildman–Crippen MR) is 60.0 cm³/mol. The van der Waals surface area contributed by atoms with Crippen molar-refractivity contribution in [1.29, 1.82) is 0 Å². The molecule has 0 spiro atoms. The SMILES string of the molecule is Fc1cc(F)c(CNc2cc(F)c(F)c(F)c2)cc1F. The first kappa shape index (κ1) is 14.2. The summed E-state index contributed by atoms with van der Waals surface area (Å²) in [5, 5.41) is 2.38. The van der Waals surface area contributed by atoms with Crippen molar-refractivity contribution in [3.05, 3.63) is 64.7 Å². The zero-order chi connectivity index (χ0) is 14.9. The summed E-state index contributed by atoms with van der Waals surface area (Å²) >= 11 is 0. The van der Waals surface area contributed by atoms with Crippen LogP contribution >= 0.6 is 0 Å². The lowest BCUT2D eigenvalue weighted by Gasteiger charge is -2.09. The fraction of sp³-hybridized carbons (Fsp3) is 0.0769. The quantitative estimate of drug-likeness (QED) is 0.509. The van der Waals surface area contributed by atoms with Gasteiger partial charge in [0.1, 0.15) is 5.82 Å². The molecule has 7 heteroatoms. The van der Waals surface area contributed by atoms with E-state index in [1.54, 1.807) is 0 Å². The maximum Gasteiger partial charge on any atom is 0.194 e. The van der Waals surface area contributed by atoms with Crippen LogP contribution in [0.5, 0.6) is 0 Å². The van der Waals surface area contributed by atoms with Crippen LogP contribution in [0.15, 0.2) is 24.3 Å². The standard InChI is InChI=1S/C13H7F6N/c14-8-4-10(16)9(15)1-6(8)5-20-7-2-11(17)13(19)12(18)3-7/h1-4,20H,5H2. The molecular weight excluding hydrogens is 284 g/mol. The molecule has 0 aromatic heterocycles. The molecule has 0 unspecified atom stereocenters. The minimum atomic E-state index is -1.63. The average Bonchev–Trinajstić information content (AvgIpc) is 2.38. The van der Waals surface area contributed by atoms with E-state index < -0.39 is 34.9 Å². The van der Waals surface area contributed by atoms with Crippen molar-refractivity contribution in [1.82, 2.24) is 0 Å². The molecule has 0 fully saturated rings. The predicted octanol–water partition coefficient (Wildman–Crippen LogP) is 4.13. The van der Waals surface area contributed by atoms with Crippen LogP contribution in [-0.4, -0.2) is 0 Å². The highest BCUT2D eigenvalue weighted by Gasteiger charge is 2.12. The Hall–Kier alpha value is -2.18. The van der Waals surface area contributed by atoms with Gasteiger partial charge in [0.25, 0.3) is 0 Å². The third-order valence-electron chi connectivity index (χ3n) is 2.56. The Morgan fingerprint density at radius 1 is 0.650 bits per heavy atom. The molecule has 0 aliphatic rings. The lowest BCUT2D eigenvalue weighted by Crippen LogP contribution is -2.05. The fourth-order valence-electron chi connectivity index (χ4n) is 1.55. The first-order valence-corrected chi connectivity index (χ1v) is 5.40. The van der Waals surface area contributed by atoms with E-state index in [4.69, 9.17) is 0 Å². The van der Waals surface area contributed by atoms with Gasteiger partial charge in [-0.25, -0.2) is 26.3 Å². The number of nitrogens with one attached hydrogen (secondary N) is 1. The van der Waals surface area contributed by atoms with Gasteiger partial charge in [0.15, 0.2) is 29.1 Å². The van der Waals surface area contributed by atoms with Gasteiger partial charge in [-0.05, 0) is 6.07 Å². The van der Waals surface area contributed by atoms with Crippen molar-refractivity contribution in [3.8, 4) is 0 Å². The maximum absolute atomic E-state index is 13.3. The van der Waals surface area contributed by atoms with Gasteiger partial charge < -0.3 is 5.32 Å². The van der Waals surface area contributed by atoms with Crippen molar-refractivity contribution in [2.24, 2.45) is 0 Å². The Labute approximate surface area is 109 Å². The van der Waals surface area contributed by atoms with Crippen LogP contribution in [0.4, 0.5) is 32.0 Å². The van der Waals surface area contributed by atoms with E-state index in [0.717, 1.165) is 0 Å². The van der Waals surface area contributed by atoms with Gasteiger partial charge in [-0.1, -0.05) is 0 Å². The molecule has 0 bridgehead atoms. The van der Waals surface area contributed by atoms with Gasteiger partial charge in [-0.2, -0.15) is 0 Å². The average molecular weight is 291 g/mol. The van der Waals surface area contributed by atoms with Crippen molar-refractivity contribution in [2.75, 3.05) is 5.32 Å². The molecule has 0 saturated carbocycles.